The average molecular weight is 201 g/mol. The Kier molecular flexibility index (Phi) is 2.62. The van der Waals surface area contributed by atoms with Crippen LogP contribution in [0.5, 0.6) is 0 Å². The van der Waals surface area contributed by atoms with Crippen LogP contribution in [0.1, 0.15) is 0 Å². The summed E-state index contributed by atoms with van der Waals surface area (Å²) in [6.45, 7) is 0. The van der Waals surface area contributed by atoms with Gasteiger partial charge in [-0.3, -0.25) is 10.2 Å². The highest BCUT2D eigenvalue weighted by atomic mass is 16.8. The van der Waals surface area contributed by atoms with Gasteiger partial charge in [0.25, 0.3) is 0 Å². The molecular formula is C11H9N2O2-. The van der Waals surface area contributed by atoms with Crippen molar-refractivity contribution in [2.75, 3.05) is 5.23 Å². The van der Waals surface area contributed by atoms with Gasteiger partial charge in [0.1, 0.15) is 0 Å². The van der Waals surface area contributed by atoms with E-state index in [4.69, 9.17) is 5.21 Å². The first-order valence-electron chi connectivity index (χ1n) is 4.45. The van der Waals surface area contributed by atoms with E-state index in [-0.39, 0.29) is 10.9 Å². The highest BCUT2D eigenvalue weighted by Crippen LogP contribution is 2.18. The molecule has 1 aromatic carbocycles. The van der Waals surface area contributed by atoms with Gasteiger partial charge in [-0.15, -0.1) is 0 Å². The maximum absolute atomic E-state index is 10.5. The van der Waals surface area contributed by atoms with E-state index < -0.39 is 0 Å². The minimum absolute atomic E-state index is 0.120. The summed E-state index contributed by atoms with van der Waals surface area (Å²) in [6, 6.07) is 12.8. The second-order valence-corrected chi connectivity index (χ2v) is 3.04. The number of anilines is 1. The first-order chi connectivity index (χ1) is 7.27. The fourth-order valence-electron chi connectivity index (χ4n) is 1.28. The van der Waals surface area contributed by atoms with E-state index in [9.17, 15) is 5.21 Å². The summed E-state index contributed by atoms with van der Waals surface area (Å²) in [7, 11) is 0. The van der Waals surface area contributed by atoms with Gasteiger partial charge in [-0.05, 0) is 12.1 Å². The molecule has 4 heteroatoms. The van der Waals surface area contributed by atoms with E-state index in [2.05, 4.69) is 4.98 Å². The van der Waals surface area contributed by atoms with Gasteiger partial charge in [-0.2, -0.15) is 0 Å². The molecule has 0 amide bonds. The molecule has 0 aliphatic heterocycles. The largest absolute Gasteiger partial charge is 0.733 e. The van der Waals surface area contributed by atoms with Crippen LogP contribution in [0, 0.1) is 5.21 Å². The van der Waals surface area contributed by atoms with Gasteiger partial charge in [0, 0.05) is 5.56 Å². The minimum Gasteiger partial charge on any atom is -0.733 e. The number of benzene rings is 1. The summed E-state index contributed by atoms with van der Waals surface area (Å²) in [6.07, 6.45) is 1.33. The lowest BCUT2D eigenvalue weighted by molar-refractivity contribution is 0.296. The first kappa shape index (κ1) is 9.64. The topological polar surface area (TPSA) is 59.4 Å². The third-order valence-corrected chi connectivity index (χ3v) is 2.04. The Morgan fingerprint density at radius 2 is 1.80 bits per heavy atom. The van der Waals surface area contributed by atoms with Crippen LogP contribution in [0.3, 0.4) is 0 Å². The van der Waals surface area contributed by atoms with Crippen molar-refractivity contribution in [3.05, 3.63) is 53.9 Å². The third-order valence-electron chi connectivity index (χ3n) is 2.04. The molecule has 0 saturated carbocycles. The Morgan fingerprint density at radius 1 is 1.07 bits per heavy atom. The van der Waals surface area contributed by atoms with Crippen molar-refractivity contribution in [2.45, 2.75) is 0 Å². The number of nitrogens with zero attached hydrogens (tertiary/aromatic N) is 2. The van der Waals surface area contributed by atoms with Crippen LogP contribution < -0.4 is 5.23 Å². The Balaban J connectivity index is 2.32. The zero-order valence-electron chi connectivity index (χ0n) is 7.87. The molecule has 0 unspecified atom stereocenters. The third kappa shape index (κ3) is 2.12. The van der Waals surface area contributed by atoms with Gasteiger partial charge < -0.3 is 10.4 Å². The second-order valence-electron chi connectivity index (χ2n) is 3.04. The SMILES string of the molecule is [O-]N(O)c1ccc(-c2ccccc2)nc1. The summed E-state index contributed by atoms with van der Waals surface area (Å²) < 4.78 is 0. The predicted molar refractivity (Wildman–Crippen MR) is 57.3 cm³/mol. The fraction of sp³-hybridized carbons (Fsp3) is 0. The molecule has 2 aromatic rings. The molecule has 0 aliphatic rings. The van der Waals surface area contributed by atoms with E-state index in [1.807, 2.05) is 30.3 Å². The zero-order chi connectivity index (χ0) is 10.7. The summed E-state index contributed by atoms with van der Waals surface area (Å²) in [5, 5.41) is 18.9. The lowest BCUT2D eigenvalue weighted by Gasteiger charge is -2.20. The van der Waals surface area contributed by atoms with Crippen molar-refractivity contribution in [1.82, 2.24) is 4.98 Å². The van der Waals surface area contributed by atoms with Crippen LogP contribution in [0.25, 0.3) is 11.3 Å². The van der Waals surface area contributed by atoms with Gasteiger partial charge in [-0.1, -0.05) is 30.3 Å². The normalized spacial score (nSPS) is 10.0. The van der Waals surface area contributed by atoms with Gasteiger partial charge in [0.2, 0.25) is 0 Å². The van der Waals surface area contributed by atoms with Crippen molar-refractivity contribution in [3.63, 3.8) is 0 Å². The Bertz CT molecular complexity index is 426. The molecule has 0 saturated heterocycles. The molecule has 0 atom stereocenters. The molecule has 1 aromatic heterocycles. The van der Waals surface area contributed by atoms with Crippen LogP contribution in [0.15, 0.2) is 48.7 Å². The van der Waals surface area contributed by atoms with Crippen LogP contribution in [0.2, 0.25) is 0 Å². The van der Waals surface area contributed by atoms with E-state index in [0.29, 0.717) is 0 Å². The quantitative estimate of drug-likeness (QED) is 0.758. The number of pyridine rings is 1. The standard InChI is InChI=1S/C11H9N2O2/c14-13(15)10-6-7-11(12-8-10)9-4-2-1-3-5-9/h1-8,14H/q-1. The van der Waals surface area contributed by atoms with Crippen LogP contribution in [-0.4, -0.2) is 10.2 Å². The van der Waals surface area contributed by atoms with E-state index in [1.165, 1.54) is 12.3 Å². The Labute approximate surface area is 87.0 Å². The lowest BCUT2D eigenvalue weighted by atomic mass is 10.1. The number of hydrogen-bond donors (Lipinski definition) is 1. The minimum atomic E-state index is -0.207. The monoisotopic (exact) mass is 201 g/mol. The molecular weight excluding hydrogens is 192 g/mol. The number of rotatable bonds is 2. The highest BCUT2D eigenvalue weighted by Gasteiger charge is 1.98. The molecule has 1 N–H and O–H groups in total. The van der Waals surface area contributed by atoms with E-state index >= 15 is 0 Å². The van der Waals surface area contributed by atoms with Gasteiger partial charge in [0.15, 0.2) is 0 Å². The summed E-state index contributed by atoms with van der Waals surface area (Å²) in [5.41, 5.74) is 1.86. The molecule has 15 heavy (non-hydrogen) atoms. The lowest BCUT2D eigenvalue weighted by Crippen LogP contribution is -2.06. The van der Waals surface area contributed by atoms with Crippen molar-refractivity contribution in [3.8, 4) is 11.3 Å². The van der Waals surface area contributed by atoms with Gasteiger partial charge in [-0.25, -0.2) is 0 Å². The zero-order valence-corrected chi connectivity index (χ0v) is 7.87. The van der Waals surface area contributed by atoms with Crippen LogP contribution >= 0.6 is 0 Å². The van der Waals surface area contributed by atoms with Crippen molar-refractivity contribution in [1.29, 1.82) is 0 Å². The summed E-state index contributed by atoms with van der Waals surface area (Å²) in [4.78, 5) is 4.07. The highest BCUT2D eigenvalue weighted by molar-refractivity contribution is 5.60. The van der Waals surface area contributed by atoms with Gasteiger partial charge >= 0.3 is 0 Å². The van der Waals surface area contributed by atoms with Crippen molar-refractivity contribution < 1.29 is 5.21 Å². The summed E-state index contributed by atoms with van der Waals surface area (Å²) >= 11 is 0. The second kappa shape index (κ2) is 4.08. The predicted octanol–water partition coefficient (Wildman–Crippen LogP) is 2.44. The van der Waals surface area contributed by atoms with Crippen LogP contribution in [0.4, 0.5) is 5.69 Å². The molecule has 1 heterocycles. The molecule has 0 aliphatic carbocycles. The van der Waals surface area contributed by atoms with Gasteiger partial charge in [0.05, 0.1) is 17.6 Å². The molecule has 0 spiro atoms. The molecule has 76 valence electrons. The van der Waals surface area contributed by atoms with E-state index in [0.717, 1.165) is 11.3 Å². The van der Waals surface area contributed by atoms with Crippen LogP contribution in [-0.2, 0) is 0 Å². The summed E-state index contributed by atoms with van der Waals surface area (Å²) in [5.74, 6) is 0. The first-order valence-corrected chi connectivity index (χ1v) is 4.45. The fourth-order valence-corrected chi connectivity index (χ4v) is 1.28. The maximum Gasteiger partial charge on any atom is 0.0703 e. The molecule has 4 nitrogen and oxygen atoms in total. The smallest absolute Gasteiger partial charge is 0.0703 e. The molecule has 0 bridgehead atoms. The molecule has 0 radical (unpaired) electrons. The Hall–Kier alpha value is -1.91. The van der Waals surface area contributed by atoms with E-state index in [1.54, 1.807) is 6.07 Å². The molecule has 0 fully saturated rings. The number of aromatic nitrogens is 1. The van der Waals surface area contributed by atoms with Crippen molar-refractivity contribution in [2.24, 2.45) is 0 Å². The van der Waals surface area contributed by atoms with Crippen molar-refractivity contribution >= 4 is 5.69 Å². The Morgan fingerprint density at radius 3 is 2.33 bits per heavy atom. The average Bonchev–Trinajstić information content (AvgIpc) is 2.30. The molecule has 2 rings (SSSR count). The number of hydrogen-bond acceptors (Lipinski definition) is 4. The maximum atomic E-state index is 10.5.